The van der Waals surface area contributed by atoms with Crippen LogP contribution in [0.2, 0.25) is 0 Å². The number of benzene rings is 1. The second kappa shape index (κ2) is 4.47. The first-order valence-electron chi connectivity index (χ1n) is 5.51. The lowest BCUT2D eigenvalue weighted by molar-refractivity contribution is 0.608. The van der Waals surface area contributed by atoms with E-state index in [-0.39, 0.29) is 10.9 Å². The molecule has 0 saturated heterocycles. The summed E-state index contributed by atoms with van der Waals surface area (Å²) in [5, 5.41) is 0.860. The summed E-state index contributed by atoms with van der Waals surface area (Å²) in [4.78, 5) is 12.0. The van der Waals surface area contributed by atoms with Gasteiger partial charge in [-0.05, 0) is 23.9 Å². The highest BCUT2D eigenvalue weighted by atomic mass is 19.1. The van der Waals surface area contributed by atoms with Gasteiger partial charge in [-0.25, -0.2) is 4.39 Å². The molecule has 0 aliphatic carbocycles. The molecule has 0 saturated carbocycles. The lowest BCUT2D eigenvalue weighted by atomic mass is 10.1. The number of hydrogen-bond acceptors (Lipinski definition) is 1. The Morgan fingerprint density at radius 3 is 2.88 bits per heavy atom. The SMILES string of the molecule is CCCCn1ccc2cccc(F)c2c1=O. The molecule has 0 amide bonds. The van der Waals surface area contributed by atoms with Gasteiger partial charge in [-0.1, -0.05) is 25.5 Å². The molecule has 0 unspecified atom stereocenters. The lowest BCUT2D eigenvalue weighted by Gasteiger charge is -2.06. The van der Waals surface area contributed by atoms with Crippen molar-refractivity contribution in [3.05, 3.63) is 46.6 Å². The minimum absolute atomic E-state index is 0.195. The fraction of sp³-hybridized carbons (Fsp3) is 0.308. The zero-order chi connectivity index (χ0) is 11.5. The summed E-state index contributed by atoms with van der Waals surface area (Å²) < 4.78 is 15.1. The third-order valence-corrected chi connectivity index (χ3v) is 2.71. The highest BCUT2D eigenvalue weighted by Gasteiger charge is 2.06. The minimum Gasteiger partial charge on any atom is -0.315 e. The molecule has 1 heterocycles. The maximum Gasteiger partial charge on any atom is 0.261 e. The Labute approximate surface area is 93.3 Å². The Hall–Kier alpha value is -1.64. The first kappa shape index (κ1) is 10.9. The van der Waals surface area contributed by atoms with Crippen LogP contribution in [0.15, 0.2) is 35.3 Å². The van der Waals surface area contributed by atoms with Crippen LogP contribution in [-0.4, -0.2) is 4.57 Å². The Balaban J connectivity index is 2.60. The first-order chi connectivity index (χ1) is 7.74. The van der Waals surface area contributed by atoms with Gasteiger partial charge in [0, 0.05) is 12.7 Å². The van der Waals surface area contributed by atoms with Crippen LogP contribution >= 0.6 is 0 Å². The van der Waals surface area contributed by atoms with E-state index in [1.807, 2.05) is 0 Å². The molecule has 0 radical (unpaired) electrons. The maximum atomic E-state index is 13.5. The second-order valence-electron chi connectivity index (χ2n) is 3.87. The number of nitrogens with zero attached hydrogens (tertiary/aromatic N) is 1. The van der Waals surface area contributed by atoms with E-state index in [1.165, 1.54) is 6.07 Å². The number of halogens is 1. The quantitative estimate of drug-likeness (QED) is 0.778. The lowest BCUT2D eigenvalue weighted by Crippen LogP contribution is -2.20. The molecule has 2 aromatic rings. The van der Waals surface area contributed by atoms with Crippen molar-refractivity contribution >= 4 is 10.8 Å². The van der Waals surface area contributed by atoms with E-state index in [9.17, 15) is 9.18 Å². The molecule has 1 aromatic heterocycles. The van der Waals surface area contributed by atoms with Crippen LogP contribution in [0, 0.1) is 5.82 Å². The molecular weight excluding hydrogens is 205 g/mol. The third kappa shape index (κ3) is 1.85. The van der Waals surface area contributed by atoms with Gasteiger partial charge in [-0.3, -0.25) is 4.79 Å². The monoisotopic (exact) mass is 219 g/mol. The van der Waals surface area contributed by atoms with Crippen LogP contribution in [0.3, 0.4) is 0 Å². The predicted octanol–water partition coefficient (Wildman–Crippen LogP) is 2.94. The van der Waals surface area contributed by atoms with Gasteiger partial charge in [0.15, 0.2) is 0 Å². The molecule has 2 nitrogen and oxygen atoms in total. The molecule has 0 aliphatic heterocycles. The first-order valence-corrected chi connectivity index (χ1v) is 5.51. The Kier molecular flexibility index (Phi) is 3.04. The number of aryl methyl sites for hydroxylation is 1. The van der Waals surface area contributed by atoms with Gasteiger partial charge >= 0.3 is 0 Å². The Bertz CT molecular complexity index is 559. The summed E-state index contributed by atoms with van der Waals surface area (Å²) in [5.41, 5.74) is -0.232. The summed E-state index contributed by atoms with van der Waals surface area (Å²) in [5.74, 6) is -0.437. The summed E-state index contributed by atoms with van der Waals surface area (Å²) in [6, 6.07) is 6.49. The van der Waals surface area contributed by atoms with Gasteiger partial charge in [0.1, 0.15) is 5.82 Å². The van der Waals surface area contributed by atoms with Crippen LogP contribution in [0.5, 0.6) is 0 Å². The molecule has 0 fully saturated rings. The van der Waals surface area contributed by atoms with Crippen molar-refractivity contribution in [2.45, 2.75) is 26.3 Å². The van der Waals surface area contributed by atoms with Gasteiger partial charge in [-0.15, -0.1) is 0 Å². The number of unbranched alkanes of at least 4 members (excludes halogenated alkanes) is 1. The van der Waals surface area contributed by atoms with E-state index in [2.05, 4.69) is 6.92 Å². The fourth-order valence-corrected chi connectivity index (χ4v) is 1.79. The molecule has 16 heavy (non-hydrogen) atoms. The number of pyridine rings is 1. The third-order valence-electron chi connectivity index (χ3n) is 2.71. The van der Waals surface area contributed by atoms with Gasteiger partial charge in [0.25, 0.3) is 5.56 Å². The smallest absolute Gasteiger partial charge is 0.261 e. The fourth-order valence-electron chi connectivity index (χ4n) is 1.79. The number of fused-ring (bicyclic) bond motifs is 1. The Morgan fingerprint density at radius 1 is 1.31 bits per heavy atom. The summed E-state index contributed by atoms with van der Waals surface area (Å²) >= 11 is 0. The molecule has 2 rings (SSSR count). The van der Waals surface area contributed by atoms with Crippen molar-refractivity contribution in [2.75, 3.05) is 0 Å². The van der Waals surface area contributed by atoms with Crippen molar-refractivity contribution in [3.8, 4) is 0 Å². The van der Waals surface area contributed by atoms with E-state index < -0.39 is 5.82 Å². The zero-order valence-corrected chi connectivity index (χ0v) is 9.24. The molecule has 0 spiro atoms. The normalized spacial score (nSPS) is 10.9. The molecule has 3 heteroatoms. The van der Waals surface area contributed by atoms with Gasteiger partial charge < -0.3 is 4.57 Å². The van der Waals surface area contributed by atoms with Crippen LogP contribution in [0.1, 0.15) is 19.8 Å². The summed E-state index contributed by atoms with van der Waals surface area (Å²) in [7, 11) is 0. The second-order valence-corrected chi connectivity index (χ2v) is 3.87. The minimum atomic E-state index is -0.437. The molecule has 1 aromatic carbocycles. The van der Waals surface area contributed by atoms with Gasteiger partial charge in [-0.2, -0.15) is 0 Å². The highest BCUT2D eigenvalue weighted by Crippen LogP contribution is 2.13. The highest BCUT2D eigenvalue weighted by molar-refractivity contribution is 5.81. The van der Waals surface area contributed by atoms with E-state index in [1.54, 1.807) is 29.0 Å². The number of aromatic nitrogens is 1. The average Bonchev–Trinajstić information content (AvgIpc) is 2.28. The van der Waals surface area contributed by atoms with Gasteiger partial charge in [0.05, 0.1) is 5.39 Å². The van der Waals surface area contributed by atoms with Crippen molar-refractivity contribution in [1.29, 1.82) is 0 Å². The molecule has 84 valence electrons. The molecule has 0 aliphatic rings. The zero-order valence-electron chi connectivity index (χ0n) is 9.24. The molecule has 0 bridgehead atoms. The largest absolute Gasteiger partial charge is 0.315 e. The van der Waals surface area contributed by atoms with Crippen LogP contribution in [0.25, 0.3) is 10.8 Å². The number of hydrogen-bond donors (Lipinski definition) is 0. The van der Waals surface area contributed by atoms with E-state index in [0.717, 1.165) is 12.8 Å². The van der Waals surface area contributed by atoms with E-state index in [4.69, 9.17) is 0 Å². The maximum absolute atomic E-state index is 13.5. The predicted molar refractivity (Wildman–Crippen MR) is 63.1 cm³/mol. The van der Waals surface area contributed by atoms with Crippen LogP contribution in [0.4, 0.5) is 4.39 Å². The topological polar surface area (TPSA) is 22.0 Å². The molecule has 0 N–H and O–H groups in total. The standard InChI is InChI=1S/C13H14FNO/c1-2-3-8-15-9-7-10-5-4-6-11(14)12(10)13(15)16/h4-7,9H,2-3,8H2,1H3. The van der Waals surface area contributed by atoms with E-state index >= 15 is 0 Å². The van der Waals surface area contributed by atoms with Gasteiger partial charge in [0.2, 0.25) is 0 Å². The van der Waals surface area contributed by atoms with Crippen molar-refractivity contribution in [3.63, 3.8) is 0 Å². The van der Waals surface area contributed by atoms with Crippen molar-refractivity contribution < 1.29 is 4.39 Å². The molecular formula is C13H14FNO. The summed E-state index contributed by atoms with van der Waals surface area (Å²) in [6.07, 6.45) is 3.68. The van der Waals surface area contributed by atoms with Crippen LogP contribution < -0.4 is 5.56 Å². The number of rotatable bonds is 3. The summed E-state index contributed by atoms with van der Waals surface area (Å²) in [6.45, 7) is 2.71. The van der Waals surface area contributed by atoms with Crippen LogP contribution in [-0.2, 0) is 6.54 Å². The average molecular weight is 219 g/mol. The van der Waals surface area contributed by atoms with E-state index in [0.29, 0.717) is 11.9 Å². The Morgan fingerprint density at radius 2 is 2.12 bits per heavy atom. The van der Waals surface area contributed by atoms with Crippen molar-refractivity contribution in [2.24, 2.45) is 0 Å². The van der Waals surface area contributed by atoms with Crippen molar-refractivity contribution in [1.82, 2.24) is 4.57 Å². The molecule has 0 atom stereocenters.